The van der Waals surface area contributed by atoms with Crippen molar-refractivity contribution in [2.24, 2.45) is 0 Å². The molecule has 0 atom stereocenters. The van der Waals surface area contributed by atoms with Gasteiger partial charge in [0.1, 0.15) is 11.5 Å². The van der Waals surface area contributed by atoms with Crippen LogP contribution < -0.4 is 5.32 Å². The first kappa shape index (κ1) is 17.4. The van der Waals surface area contributed by atoms with Crippen LogP contribution in [0.4, 0.5) is 0 Å². The Morgan fingerprint density at radius 3 is 2.81 bits per heavy atom. The van der Waals surface area contributed by atoms with Crippen molar-refractivity contribution in [3.05, 3.63) is 66.4 Å². The monoisotopic (exact) mass is 350 g/mol. The Morgan fingerprint density at radius 1 is 1.27 bits per heavy atom. The molecule has 0 unspecified atom stereocenters. The number of pyridine rings is 1. The molecule has 0 aliphatic carbocycles. The molecule has 26 heavy (non-hydrogen) atoms. The highest BCUT2D eigenvalue weighted by atomic mass is 16.5. The third-order valence-corrected chi connectivity index (χ3v) is 3.71. The highest BCUT2D eigenvalue weighted by Crippen LogP contribution is 2.26. The summed E-state index contributed by atoms with van der Waals surface area (Å²) in [6, 6.07) is 12.5. The van der Waals surface area contributed by atoms with Gasteiger partial charge >= 0.3 is 5.97 Å². The molecule has 0 aliphatic heterocycles. The molecule has 1 amide bonds. The summed E-state index contributed by atoms with van der Waals surface area (Å²) >= 11 is 0. The van der Waals surface area contributed by atoms with E-state index in [1.54, 1.807) is 24.3 Å². The number of benzene rings is 1. The molecule has 6 nitrogen and oxygen atoms in total. The van der Waals surface area contributed by atoms with E-state index in [4.69, 9.17) is 9.15 Å². The minimum atomic E-state index is -0.595. The number of aryl methyl sites for hydroxylation is 1. The first-order valence-electron chi connectivity index (χ1n) is 8.10. The molecule has 0 radical (unpaired) electrons. The molecule has 2 aromatic heterocycles. The summed E-state index contributed by atoms with van der Waals surface area (Å²) in [5, 5.41) is 3.20. The first-order valence-corrected chi connectivity index (χ1v) is 8.10. The summed E-state index contributed by atoms with van der Waals surface area (Å²) in [6.07, 6.45) is 1.55. The van der Waals surface area contributed by atoms with Crippen molar-refractivity contribution in [1.29, 1.82) is 0 Å². The largest absolute Gasteiger partial charge is 0.460 e. The molecule has 0 saturated heterocycles. The molecular weight excluding hydrogens is 332 g/mol. The highest BCUT2D eigenvalue weighted by molar-refractivity contribution is 6.05. The second-order valence-electron chi connectivity index (χ2n) is 5.65. The third-order valence-electron chi connectivity index (χ3n) is 3.71. The third kappa shape index (κ3) is 3.80. The van der Waals surface area contributed by atoms with Crippen molar-refractivity contribution in [3.63, 3.8) is 0 Å². The van der Waals surface area contributed by atoms with Crippen LogP contribution in [-0.4, -0.2) is 30.0 Å². The smallest absolute Gasteiger partial charge is 0.339 e. The number of nitrogens with zero attached hydrogens (tertiary/aromatic N) is 1. The maximum Gasteiger partial charge on any atom is 0.339 e. The fourth-order valence-corrected chi connectivity index (χ4v) is 2.49. The van der Waals surface area contributed by atoms with Gasteiger partial charge in [0.05, 0.1) is 11.1 Å². The van der Waals surface area contributed by atoms with Gasteiger partial charge in [-0.2, -0.15) is 0 Å². The van der Waals surface area contributed by atoms with Crippen LogP contribution >= 0.6 is 0 Å². The fraction of sp³-hybridized carbons (Fsp3) is 0.150. The number of para-hydroxylation sites is 1. The molecule has 0 bridgehead atoms. The lowest BCUT2D eigenvalue weighted by atomic mass is 10.1. The minimum Gasteiger partial charge on any atom is -0.460 e. The number of ether oxygens (including phenoxy) is 1. The van der Waals surface area contributed by atoms with Gasteiger partial charge in [0.2, 0.25) is 0 Å². The summed E-state index contributed by atoms with van der Waals surface area (Å²) in [5.41, 5.74) is 1.50. The van der Waals surface area contributed by atoms with Gasteiger partial charge in [0.15, 0.2) is 12.4 Å². The second kappa shape index (κ2) is 7.65. The van der Waals surface area contributed by atoms with Crippen LogP contribution in [0.1, 0.15) is 16.1 Å². The molecule has 1 aromatic carbocycles. The molecule has 6 heteroatoms. The number of carbonyl (C=O) groups is 2. The van der Waals surface area contributed by atoms with Crippen LogP contribution in [0.15, 0.2) is 59.5 Å². The normalized spacial score (nSPS) is 10.5. The number of carbonyl (C=O) groups excluding carboxylic acids is 2. The van der Waals surface area contributed by atoms with Gasteiger partial charge in [-0.3, -0.25) is 4.79 Å². The van der Waals surface area contributed by atoms with Crippen molar-refractivity contribution >= 4 is 22.8 Å². The number of hydrogen-bond acceptors (Lipinski definition) is 5. The zero-order valence-corrected chi connectivity index (χ0v) is 14.3. The van der Waals surface area contributed by atoms with E-state index in [1.807, 2.05) is 31.2 Å². The molecular formula is C20H18N2O4. The van der Waals surface area contributed by atoms with Crippen LogP contribution in [-0.2, 0) is 9.53 Å². The Morgan fingerprint density at radius 2 is 2.08 bits per heavy atom. The molecule has 2 heterocycles. The standard InChI is InChI=1S/C20H18N2O4/c1-3-10-21-19(23)12-25-20(24)15-11-17(18-9-8-13(2)26-18)22-16-7-5-4-6-14(15)16/h3-9,11H,1,10,12H2,2H3,(H,21,23). The Labute approximate surface area is 150 Å². The Balaban J connectivity index is 1.92. The summed E-state index contributed by atoms with van der Waals surface area (Å²) < 4.78 is 10.8. The minimum absolute atomic E-state index is 0.316. The average molecular weight is 350 g/mol. The molecule has 0 saturated carbocycles. The first-order chi connectivity index (χ1) is 12.6. The van der Waals surface area contributed by atoms with Gasteiger partial charge in [-0.1, -0.05) is 24.3 Å². The van der Waals surface area contributed by atoms with E-state index in [2.05, 4.69) is 16.9 Å². The van der Waals surface area contributed by atoms with Crippen LogP contribution in [0.25, 0.3) is 22.4 Å². The Bertz CT molecular complexity index is 975. The van der Waals surface area contributed by atoms with Crippen molar-refractivity contribution in [3.8, 4) is 11.5 Å². The molecule has 3 aromatic rings. The van der Waals surface area contributed by atoms with E-state index in [-0.39, 0.29) is 6.61 Å². The molecule has 1 N–H and O–H groups in total. The summed E-state index contributed by atoms with van der Waals surface area (Å²) in [6.45, 7) is 5.30. The summed E-state index contributed by atoms with van der Waals surface area (Å²) in [4.78, 5) is 28.7. The number of aromatic nitrogens is 1. The molecule has 3 rings (SSSR count). The van der Waals surface area contributed by atoms with E-state index in [9.17, 15) is 9.59 Å². The summed E-state index contributed by atoms with van der Waals surface area (Å²) in [7, 11) is 0. The lowest BCUT2D eigenvalue weighted by Crippen LogP contribution is -2.28. The Hall–Kier alpha value is -3.41. The van der Waals surface area contributed by atoms with E-state index in [0.717, 1.165) is 5.76 Å². The van der Waals surface area contributed by atoms with Crippen molar-refractivity contribution < 1.29 is 18.7 Å². The van der Waals surface area contributed by atoms with Gasteiger partial charge in [-0.15, -0.1) is 6.58 Å². The van der Waals surface area contributed by atoms with E-state index < -0.39 is 11.9 Å². The Kier molecular flexibility index (Phi) is 5.12. The SMILES string of the molecule is C=CCNC(=O)COC(=O)c1cc(-c2ccc(C)o2)nc2ccccc12. The number of esters is 1. The zero-order valence-electron chi connectivity index (χ0n) is 14.3. The summed E-state index contributed by atoms with van der Waals surface area (Å²) in [5.74, 6) is 0.323. The van der Waals surface area contributed by atoms with Crippen LogP contribution in [0, 0.1) is 6.92 Å². The van der Waals surface area contributed by atoms with Gasteiger partial charge in [0.25, 0.3) is 5.91 Å². The van der Waals surface area contributed by atoms with Crippen molar-refractivity contribution in [2.45, 2.75) is 6.92 Å². The van der Waals surface area contributed by atoms with E-state index >= 15 is 0 Å². The number of rotatable bonds is 6. The van der Waals surface area contributed by atoms with Gasteiger partial charge in [0, 0.05) is 11.9 Å². The average Bonchev–Trinajstić information content (AvgIpc) is 3.09. The van der Waals surface area contributed by atoms with Gasteiger partial charge in [-0.25, -0.2) is 9.78 Å². The van der Waals surface area contributed by atoms with Gasteiger partial charge in [-0.05, 0) is 31.2 Å². The number of fused-ring (bicyclic) bond motifs is 1. The lowest BCUT2D eigenvalue weighted by Gasteiger charge is -2.09. The molecule has 132 valence electrons. The second-order valence-corrected chi connectivity index (χ2v) is 5.65. The van der Waals surface area contributed by atoms with E-state index in [0.29, 0.717) is 34.5 Å². The van der Waals surface area contributed by atoms with Gasteiger partial charge < -0.3 is 14.5 Å². The van der Waals surface area contributed by atoms with Crippen molar-refractivity contribution in [2.75, 3.05) is 13.2 Å². The number of furan rings is 1. The quantitative estimate of drug-likeness (QED) is 0.545. The van der Waals surface area contributed by atoms with Crippen LogP contribution in [0.2, 0.25) is 0 Å². The predicted octanol–water partition coefficient (Wildman–Crippen LogP) is 3.26. The van der Waals surface area contributed by atoms with Crippen molar-refractivity contribution in [1.82, 2.24) is 10.3 Å². The maximum absolute atomic E-state index is 12.5. The zero-order chi connectivity index (χ0) is 18.5. The molecule has 0 fully saturated rings. The lowest BCUT2D eigenvalue weighted by molar-refractivity contribution is -0.124. The fourth-order valence-electron chi connectivity index (χ4n) is 2.49. The molecule has 0 spiro atoms. The highest BCUT2D eigenvalue weighted by Gasteiger charge is 2.17. The maximum atomic E-state index is 12.5. The number of hydrogen-bond donors (Lipinski definition) is 1. The van der Waals surface area contributed by atoms with E-state index in [1.165, 1.54) is 0 Å². The number of amides is 1. The topological polar surface area (TPSA) is 81.4 Å². The van der Waals surface area contributed by atoms with Crippen LogP contribution in [0.5, 0.6) is 0 Å². The molecule has 0 aliphatic rings. The van der Waals surface area contributed by atoms with Crippen LogP contribution in [0.3, 0.4) is 0 Å². The number of nitrogens with one attached hydrogen (secondary N) is 1. The predicted molar refractivity (Wildman–Crippen MR) is 97.7 cm³/mol.